The van der Waals surface area contributed by atoms with Crippen LogP contribution in [-0.2, 0) is 6.54 Å². The largest absolute Gasteiger partial charge is 0.369 e. The highest BCUT2D eigenvalue weighted by Gasteiger charge is 2.21. The average molecular weight is 259 g/mol. The number of rotatable bonds is 1. The van der Waals surface area contributed by atoms with Crippen LogP contribution in [0.2, 0.25) is 5.02 Å². The molecule has 2 aromatic rings. The number of imidazole rings is 1. The molecule has 2 heterocycles. The molecule has 0 fully saturated rings. The molecule has 0 saturated carbocycles. The van der Waals surface area contributed by atoms with Crippen LogP contribution in [0.5, 0.6) is 0 Å². The molecule has 0 spiro atoms. The average Bonchev–Trinajstić information content (AvgIpc) is 2.78. The maximum absolute atomic E-state index is 9.12. The smallest absolute Gasteiger partial charge is 0.183 e. The van der Waals surface area contributed by atoms with Crippen molar-refractivity contribution in [2.45, 2.75) is 13.0 Å². The number of fused-ring (bicyclic) bond motifs is 1. The number of aromatic nitrogens is 2. The van der Waals surface area contributed by atoms with Gasteiger partial charge in [0.15, 0.2) is 5.69 Å². The van der Waals surface area contributed by atoms with E-state index in [1.807, 2.05) is 28.8 Å². The van der Waals surface area contributed by atoms with Gasteiger partial charge in [-0.1, -0.05) is 23.7 Å². The molecular formula is C13H11ClN4. The zero-order valence-electron chi connectivity index (χ0n) is 9.65. The number of hydrogen-bond acceptors (Lipinski definition) is 3. The summed E-state index contributed by atoms with van der Waals surface area (Å²) in [6.07, 6.45) is 1.02. The predicted molar refractivity (Wildman–Crippen MR) is 70.5 cm³/mol. The minimum Gasteiger partial charge on any atom is -0.369 e. The number of halogens is 1. The van der Waals surface area contributed by atoms with Gasteiger partial charge in [-0.3, -0.25) is 0 Å². The van der Waals surface area contributed by atoms with Gasteiger partial charge in [0.2, 0.25) is 0 Å². The summed E-state index contributed by atoms with van der Waals surface area (Å²) >= 11 is 6.20. The van der Waals surface area contributed by atoms with Crippen molar-refractivity contribution in [1.29, 1.82) is 5.26 Å². The lowest BCUT2D eigenvalue weighted by Gasteiger charge is -2.18. The summed E-state index contributed by atoms with van der Waals surface area (Å²) in [7, 11) is 0. The molecule has 90 valence electrons. The Kier molecular flexibility index (Phi) is 2.69. The number of hydrogen-bond donors (Lipinski definition) is 1. The first-order valence-corrected chi connectivity index (χ1v) is 6.18. The summed E-state index contributed by atoms with van der Waals surface area (Å²) in [4.78, 5) is 4.40. The normalized spacial score (nSPS) is 13.6. The van der Waals surface area contributed by atoms with E-state index in [-0.39, 0.29) is 0 Å². The number of anilines is 1. The Morgan fingerprint density at radius 2 is 2.22 bits per heavy atom. The topological polar surface area (TPSA) is 53.6 Å². The number of nitrogens with zero attached hydrogens (tertiary/aromatic N) is 3. The summed E-state index contributed by atoms with van der Waals surface area (Å²) in [6, 6.07) is 9.69. The van der Waals surface area contributed by atoms with Crippen LogP contribution in [0.25, 0.3) is 11.4 Å². The van der Waals surface area contributed by atoms with Gasteiger partial charge >= 0.3 is 0 Å². The van der Waals surface area contributed by atoms with Crippen molar-refractivity contribution in [1.82, 2.24) is 9.55 Å². The molecule has 0 unspecified atom stereocenters. The first-order chi connectivity index (χ1) is 8.81. The Morgan fingerprint density at radius 1 is 1.39 bits per heavy atom. The van der Waals surface area contributed by atoms with Crippen molar-refractivity contribution < 1.29 is 0 Å². The number of nitriles is 1. The fraction of sp³-hybridized carbons (Fsp3) is 0.231. The zero-order chi connectivity index (χ0) is 12.5. The third kappa shape index (κ3) is 1.64. The minimum atomic E-state index is 0.435. The molecule has 4 nitrogen and oxygen atoms in total. The third-order valence-electron chi connectivity index (χ3n) is 3.04. The first kappa shape index (κ1) is 11.1. The van der Waals surface area contributed by atoms with E-state index < -0.39 is 0 Å². The third-order valence-corrected chi connectivity index (χ3v) is 3.37. The van der Waals surface area contributed by atoms with Crippen molar-refractivity contribution in [2.75, 3.05) is 11.9 Å². The Bertz CT molecular complexity index is 639. The van der Waals surface area contributed by atoms with Crippen molar-refractivity contribution in [3.8, 4) is 17.5 Å². The maximum atomic E-state index is 9.12. The van der Waals surface area contributed by atoms with Gasteiger partial charge in [-0.05, 0) is 18.6 Å². The molecule has 1 N–H and O–H groups in total. The van der Waals surface area contributed by atoms with Gasteiger partial charge in [0, 0.05) is 18.7 Å². The molecule has 0 saturated heterocycles. The molecule has 5 heteroatoms. The number of nitrogens with one attached hydrogen (secondary N) is 1. The SMILES string of the molecule is N#Cc1nc(-c2ccccc2Cl)n2c1NCCC2. The summed E-state index contributed by atoms with van der Waals surface area (Å²) < 4.78 is 2.03. The van der Waals surface area contributed by atoms with Gasteiger partial charge in [-0.25, -0.2) is 4.98 Å². The molecule has 18 heavy (non-hydrogen) atoms. The van der Waals surface area contributed by atoms with E-state index in [4.69, 9.17) is 16.9 Å². The predicted octanol–water partition coefficient (Wildman–Crippen LogP) is 2.89. The molecule has 0 aliphatic carbocycles. The van der Waals surface area contributed by atoms with Crippen LogP contribution in [0.15, 0.2) is 24.3 Å². The molecule has 1 aromatic carbocycles. The van der Waals surface area contributed by atoms with Crippen LogP contribution in [0, 0.1) is 11.3 Å². The highest BCUT2D eigenvalue weighted by molar-refractivity contribution is 6.33. The van der Waals surface area contributed by atoms with E-state index in [0.717, 1.165) is 36.7 Å². The summed E-state index contributed by atoms with van der Waals surface area (Å²) in [5, 5.41) is 13.0. The molecule has 3 rings (SSSR count). The quantitative estimate of drug-likeness (QED) is 0.856. The lowest BCUT2D eigenvalue weighted by Crippen LogP contribution is -2.17. The van der Waals surface area contributed by atoms with Gasteiger partial charge in [-0.2, -0.15) is 5.26 Å². The van der Waals surface area contributed by atoms with Gasteiger partial charge in [0.1, 0.15) is 17.7 Å². The second-order valence-corrected chi connectivity index (χ2v) is 4.56. The van der Waals surface area contributed by atoms with Crippen LogP contribution in [0.1, 0.15) is 12.1 Å². The summed E-state index contributed by atoms with van der Waals surface area (Å²) in [5.41, 5.74) is 1.30. The fourth-order valence-electron chi connectivity index (χ4n) is 2.22. The second-order valence-electron chi connectivity index (χ2n) is 4.16. The molecule has 0 bridgehead atoms. The summed E-state index contributed by atoms with van der Waals surface area (Å²) in [6.45, 7) is 1.74. The van der Waals surface area contributed by atoms with E-state index in [1.165, 1.54) is 0 Å². The van der Waals surface area contributed by atoms with E-state index in [0.29, 0.717) is 10.7 Å². The molecule has 1 aliphatic rings. The molecule has 1 aliphatic heterocycles. The van der Waals surface area contributed by atoms with Crippen LogP contribution in [-0.4, -0.2) is 16.1 Å². The van der Waals surface area contributed by atoms with Crippen molar-refractivity contribution in [3.63, 3.8) is 0 Å². The monoisotopic (exact) mass is 258 g/mol. The van der Waals surface area contributed by atoms with Crippen molar-refractivity contribution in [2.24, 2.45) is 0 Å². The highest BCUT2D eigenvalue weighted by atomic mass is 35.5. The van der Waals surface area contributed by atoms with E-state index >= 15 is 0 Å². The Balaban J connectivity index is 2.22. The molecule has 0 amide bonds. The van der Waals surface area contributed by atoms with Gasteiger partial charge in [0.25, 0.3) is 0 Å². The van der Waals surface area contributed by atoms with E-state index in [1.54, 1.807) is 0 Å². The van der Waals surface area contributed by atoms with Gasteiger partial charge in [-0.15, -0.1) is 0 Å². The molecule has 0 atom stereocenters. The lowest BCUT2D eigenvalue weighted by atomic mass is 10.2. The Hall–Kier alpha value is -1.99. The Morgan fingerprint density at radius 3 is 3.00 bits per heavy atom. The maximum Gasteiger partial charge on any atom is 0.183 e. The minimum absolute atomic E-state index is 0.435. The van der Waals surface area contributed by atoms with E-state index in [2.05, 4.69) is 16.4 Å². The second kappa shape index (κ2) is 4.35. The standard InChI is InChI=1S/C13H11ClN4/c14-10-5-2-1-4-9(10)12-17-11(8-15)13-16-6-3-7-18(12)13/h1-2,4-5,16H,3,6-7H2. The van der Waals surface area contributed by atoms with Gasteiger partial charge in [0.05, 0.1) is 5.02 Å². The molecule has 1 aromatic heterocycles. The zero-order valence-corrected chi connectivity index (χ0v) is 10.4. The lowest BCUT2D eigenvalue weighted by molar-refractivity contribution is 0.635. The van der Waals surface area contributed by atoms with Crippen molar-refractivity contribution in [3.05, 3.63) is 35.0 Å². The van der Waals surface area contributed by atoms with E-state index in [9.17, 15) is 0 Å². The fourth-order valence-corrected chi connectivity index (χ4v) is 2.44. The van der Waals surface area contributed by atoms with Crippen LogP contribution in [0.4, 0.5) is 5.82 Å². The van der Waals surface area contributed by atoms with Crippen LogP contribution >= 0.6 is 11.6 Å². The first-order valence-electron chi connectivity index (χ1n) is 5.80. The van der Waals surface area contributed by atoms with Crippen LogP contribution < -0.4 is 5.32 Å². The van der Waals surface area contributed by atoms with Crippen molar-refractivity contribution >= 4 is 17.4 Å². The molecule has 0 radical (unpaired) electrons. The Labute approximate surface area is 110 Å². The molecular weight excluding hydrogens is 248 g/mol. The summed E-state index contributed by atoms with van der Waals surface area (Å²) in [5.74, 6) is 1.57. The highest BCUT2D eigenvalue weighted by Crippen LogP contribution is 2.32. The van der Waals surface area contributed by atoms with Crippen LogP contribution in [0.3, 0.4) is 0 Å². The van der Waals surface area contributed by atoms with Gasteiger partial charge < -0.3 is 9.88 Å². The number of benzene rings is 1.